The molecule has 0 saturated carbocycles. The van der Waals surface area contributed by atoms with Crippen molar-refractivity contribution in [1.82, 2.24) is 0 Å². The summed E-state index contributed by atoms with van der Waals surface area (Å²) in [7, 11) is 1.29. The van der Waals surface area contributed by atoms with Crippen molar-refractivity contribution in [2.45, 2.75) is 19.7 Å². The number of nitrogens with zero attached hydrogens (tertiary/aromatic N) is 2. The average Bonchev–Trinajstić information content (AvgIpc) is 2.66. The van der Waals surface area contributed by atoms with Gasteiger partial charge in [0.05, 0.1) is 11.3 Å². The third-order valence-electron chi connectivity index (χ3n) is 3.74. The van der Waals surface area contributed by atoms with Crippen LogP contribution in [-0.2, 0) is 27.3 Å². The number of alkyl halides is 3. The molecule has 2 N–H and O–H groups in total. The maximum Gasteiger partial charge on any atom is 0.416 e. The predicted molar refractivity (Wildman–Crippen MR) is 97.6 cm³/mol. The van der Waals surface area contributed by atoms with E-state index in [4.69, 9.17) is 10.6 Å². The van der Waals surface area contributed by atoms with Crippen molar-refractivity contribution in [1.29, 1.82) is 0 Å². The van der Waals surface area contributed by atoms with Crippen LogP contribution in [0, 0.1) is 0 Å². The van der Waals surface area contributed by atoms with Gasteiger partial charge in [-0.25, -0.2) is 0 Å². The third-order valence-corrected chi connectivity index (χ3v) is 3.74. The molecule has 0 atom stereocenters. The summed E-state index contributed by atoms with van der Waals surface area (Å²) in [5.41, 5.74) is 6.41. The summed E-state index contributed by atoms with van der Waals surface area (Å²) in [6.07, 6.45) is -4.40. The Morgan fingerprint density at radius 2 is 1.71 bits per heavy atom. The lowest BCUT2D eigenvalue weighted by molar-refractivity contribution is -0.137. The summed E-state index contributed by atoms with van der Waals surface area (Å²) in [5, 5.41) is 7.55. The lowest BCUT2D eigenvalue weighted by Crippen LogP contribution is -2.25. The largest absolute Gasteiger partial charge is 0.416 e. The molecule has 2 aromatic rings. The minimum absolute atomic E-state index is 0.00976. The van der Waals surface area contributed by atoms with Crippen LogP contribution in [0.5, 0.6) is 0 Å². The van der Waals surface area contributed by atoms with Crippen LogP contribution in [-0.4, -0.2) is 24.4 Å². The highest BCUT2D eigenvalue weighted by Crippen LogP contribution is 2.29. The molecule has 2 aromatic carbocycles. The van der Waals surface area contributed by atoms with Gasteiger partial charge in [-0.3, -0.25) is 4.79 Å². The molecule has 0 bridgehead atoms. The molecule has 0 aromatic heterocycles. The van der Waals surface area contributed by atoms with Crippen LogP contribution in [0.3, 0.4) is 0 Å². The van der Waals surface area contributed by atoms with Crippen LogP contribution in [0.1, 0.15) is 29.2 Å². The molecule has 28 heavy (non-hydrogen) atoms. The Morgan fingerprint density at radius 3 is 2.29 bits per heavy atom. The smallest absolute Gasteiger partial charge is 0.398 e. The van der Waals surface area contributed by atoms with E-state index in [9.17, 15) is 18.0 Å². The van der Waals surface area contributed by atoms with E-state index in [0.717, 1.165) is 12.1 Å². The van der Waals surface area contributed by atoms with Crippen molar-refractivity contribution >= 4 is 17.3 Å². The Morgan fingerprint density at radius 1 is 1.07 bits per heavy atom. The van der Waals surface area contributed by atoms with Crippen LogP contribution in [0.25, 0.3) is 0 Å². The van der Waals surface area contributed by atoms with Gasteiger partial charge in [-0.15, -0.1) is 0 Å². The highest BCUT2D eigenvalue weighted by Gasteiger charge is 2.30. The van der Waals surface area contributed by atoms with Crippen molar-refractivity contribution in [3.63, 3.8) is 0 Å². The number of nitrogens with two attached hydrogens (primary N) is 1. The molecule has 0 fully saturated rings. The summed E-state index contributed by atoms with van der Waals surface area (Å²) in [4.78, 5) is 21.5. The highest BCUT2D eigenvalue weighted by molar-refractivity contribution is 6.45. The van der Waals surface area contributed by atoms with E-state index in [-0.39, 0.29) is 12.3 Å². The minimum Gasteiger partial charge on any atom is -0.398 e. The second-order valence-corrected chi connectivity index (χ2v) is 5.67. The standard InChI is InChI=1S/C19H18F3N3O3/c1-12(13-7-9-15(10-8-13)19(20,21)22)24-28-11-14-5-3-4-6-16(14)17(18(23)26)25-27-2/h3-10H,11H2,1-2H3,(H2,23,26). The van der Waals surface area contributed by atoms with Crippen LogP contribution >= 0.6 is 0 Å². The highest BCUT2D eigenvalue weighted by atomic mass is 19.4. The van der Waals surface area contributed by atoms with E-state index in [2.05, 4.69) is 15.1 Å². The molecule has 0 aliphatic rings. The van der Waals surface area contributed by atoms with E-state index >= 15 is 0 Å². The molecule has 9 heteroatoms. The Bertz CT molecular complexity index is 891. The molecule has 0 unspecified atom stereocenters. The first-order valence-corrected chi connectivity index (χ1v) is 8.07. The van der Waals surface area contributed by atoms with Gasteiger partial charge >= 0.3 is 6.18 Å². The van der Waals surface area contributed by atoms with Gasteiger partial charge in [0.2, 0.25) is 0 Å². The first-order valence-electron chi connectivity index (χ1n) is 8.07. The molecule has 6 nitrogen and oxygen atoms in total. The summed E-state index contributed by atoms with van der Waals surface area (Å²) in [5.74, 6) is -0.765. The zero-order chi connectivity index (χ0) is 20.7. The summed E-state index contributed by atoms with van der Waals surface area (Å²) in [6, 6.07) is 11.3. The van der Waals surface area contributed by atoms with Gasteiger partial charge in [0, 0.05) is 11.1 Å². The minimum atomic E-state index is -4.40. The zero-order valence-corrected chi connectivity index (χ0v) is 15.2. The molecule has 2 rings (SSSR count). The van der Waals surface area contributed by atoms with E-state index in [1.54, 1.807) is 31.2 Å². The van der Waals surface area contributed by atoms with Gasteiger partial charge in [0.1, 0.15) is 13.7 Å². The lowest BCUT2D eigenvalue weighted by Gasteiger charge is -2.09. The number of halogens is 3. The molecular formula is C19H18F3N3O3. The fraction of sp³-hybridized carbons (Fsp3) is 0.211. The predicted octanol–water partition coefficient (Wildman–Crippen LogP) is 3.48. The van der Waals surface area contributed by atoms with E-state index in [1.165, 1.54) is 19.2 Å². The van der Waals surface area contributed by atoms with Gasteiger partial charge in [-0.1, -0.05) is 46.7 Å². The lowest BCUT2D eigenvalue weighted by atomic mass is 10.0. The third kappa shape index (κ3) is 5.32. The summed E-state index contributed by atoms with van der Waals surface area (Å²) < 4.78 is 37.9. The summed E-state index contributed by atoms with van der Waals surface area (Å²) >= 11 is 0. The van der Waals surface area contributed by atoms with Gasteiger partial charge < -0.3 is 15.4 Å². The van der Waals surface area contributed by atoms with E-state index < -0.39 is 17.6 Å². The number of benzene rings is 2. The fourth-order valence-corrected chi connectivity index (χ4v) is 2.35. The van der Waals surface area contributed by atoms with E-state index in [0.29, 0.717) is 22.4 Å². The Kier molecular flexibility index (Phi) is 6.75. The number of carbonyl (C=O) groups is 1. The quantitative estimate of drug-likeness (QED) is 0.577. The molecule has 0 heterocycles. The molecule has 0 spiro atoms. The maximum atomic E-state index is 12.6. The van der Waals surface area contributed by atoms with Gasteiger partial charge in [-0.05, 0) is 24.6 Å². The van der Waals surface area contributed by atoms with E-state index in [1.807, 2.05) is 0 Å². The number of rotatable bonds is 7. The van der Waals surface area contributed by atoms with Crippen molar-refractivity contribution in [3.8, 4) is 0 Å². The summed E-state index contributed by atoms with van der Waals surface area (Å²) in [6.45, 7) is 1.60. The van der Waals surface area contributed by atoms with Crippen LogP contribution < -0.4 is 5.73 Å². The van der Waals surface area contributed by atoms with Crippen LogP contribution in [0.4, 0.5) is 13.2 Å². The second kappa shape index (κ2) is 9.03. The SMILES string of the molecule is CON=C(C(N)=O)c1ccccc1CON=C(C)c1ccc(C(F)(F)F)cc1. The maximum absolute atomic E-state index is 12.6. The number of oxime groups is 2. The van der Waals surface area contributed by atoms with Crippen molar-refractivity contribution in [3.05, 3.63) is 70.8 Å². The van der Waals surface area contributed by atoms with Gasteiger partial charge in [0.15, 0.2) is 5.71 Å². The molecular weight excluding hydrogens is 375 g/mol. The Balaban J connectivity index is 2.14. The molecule has 0 radical (unpaired) electrons. The Labute approximate surface area is 159 Å². The van der Waals surface area contributed by atoms with Crippen molar-refractivity contribution in [2.24, 2.45) is 16.0 Å². The van der Waals surface area contributed by atoms with Crippen LogP contribution in [0.2, 0.25) is 0 Å². The number of amides is 1. The van der Waals surface area contributed by atoms with Gasteiger partial charge in [0.25, 0.3) is 5.91 Å². The molecule has 0 aliphatic carbocycles. The Hall–Kier alpha value is -3.36. The number of primary amides is 1. The average molecular weight is 393 g/mol. The molecule has 148 valence electrons. The van der Waals surface area contributed by atoms with Crippen molar-refractivity contribution in [2.75, 3.05) is 7.11 Å². The molecule has 1 amide bonds. The normalized spacial score (nSPS) is 12.6. The fourth-order valence-electron chi connectivity index (χ4n) is 2.35. The zero-order valence-electron chi connectivity index (χ0n) is 15.2. The number of hydrogen-bond acceptors (Lipinski definition) is 5. The van der Waals surface area contributed by atoms with Crippen molar-refractivity contribution < 1.29 is 27.6 Å². The first kappa shape index (κ1) is 20.9. The second-order valence-electron chi connectivity index (χ2n) is 5.67. The monoisotopic (exact) mass is 393 g/mol. The number of hydrogen-bond donors (Lipinski definition) is 1. The van der Waals surface area contributed by atoms with Gasteiger partial charge in [-0.2, -0.15) is 13.2 Å². The molecule has 0 saturated heterocycles. The topological polar surface area (TPSA) is 86.3 Å². The van der Waals surface area contributed by atoms with Crippen LogP contribution in [0.15, 0.2) is 58.8 Å². The first-order chi connectivity index (χ1) is 13.2. The molecule has 0 aliphatic heterocycles. The number of carbonyl (C=O) groups excluding carboxylic acids is 1.